The number of hydrogen-bond donors (Lipinski definition) is 4. The molecule has 5 rings (SSSR count). The first kappa shape index (κ1) is 50.9. The van der Waals surface area contributed by atoms with Crippen molar-refractivity contribution in [3.63, 3.8) is 0 Å². The molecule has 3 saturated heterocycles. The van der Waals surface area contributed by atoms with E-state index in [1.165, 1.54) is 18.1 Å². The van der Waals surface area contributed by atoms with Crippen molar-refractivity contribution < 1.29 is 75.9 Å². The van der Waals surface area contributed by atoms with Crippen LogP contribution in [0.4, 0.5) is 13.2 Å². The maximum atomic E-state index is 15.1. The van der Waals surface area contributed by atoms with Crippen molar-refractivity contribution in [2.24, 2.45) is 5.41 Å². The molecule has 2 bridgehead atoms. The third kappa shape index (κ3) is 12.6. The molecule has 16 nitrogen and oxygen atoms in total. The number of unbranched alkanes of at least 4 members (excludes halogenated alkanes) is 4. The molecule has 4 aliphatic rings. The highest BCUT2D eigenvalue weighted by molar-refractivity contribution is 5.96. The van der Waals surface area contributed by atoms with Gasteiger partial charge in [0, 0.05) is 31.8 Å². The number of rotatable bonds is 22. The van der Waals surface area contributed by atoms with E-state index in [0.717, 1.165) is 44.6 Å². The number of halogens is 3. The van der Waals surface area contributed by atoms with E-state index in [4.69, 9.17) is 23.8 Å². The number of benzene rings is 1. The average molecular weight is 912 g/mol. The second-order valence-corrected chi connectivity index (χ2v) is 18.2. The molecule has 3 aliphatic heterocycles. The molecule has 19 heteroatoms. The predicted octanol–water partition coefficient (Wildman–Crippen LogP) is 4.71. The summed E-state index contributed by atoms with van der Waals surface area (Å²) in [4.78, 5) is 74.3. The third-order valence-electron chi connectivity index (χ3n) is 11.8. The van der Waals surface area contributed by atoms with Gasteiger partial charge in [-0.2, -0.15) is 18.2 Å². The molecule has 0 spiro atoms. The Kier molecular flexibility index (Phi) is 17.0. The first-order valence-electron chi connectivity index (χ1n) is 22.3. The molecule has 1 aromatic rings. The molecule has 1 aliphatic carbocycles. The number of carbonyl (C=O) groups excluding carboxylic acids is 5. The normalized spacial score (nSPS) is 26.4. The number of hydrogen-bond acceptors (Lipinski definition) is 14. The Morgan fingerprint density at radius 1 is 1.02 bits per heavy atom. The number of ether oxygens (including phenoxy) is 5. The van der Waals surface area contributed by atoms with Crippen molar-refractivity contribution in [2.75, 3.05) is 13.2 Å². The molecule has 4 N–H and O–H groups in total. The Morgan fingerprint density at radius 3 is 2.30 bits per heavy atom. The first-order chi connectivity index (χ1) is 30.1. The van der Waals surface area contributed by atoms with Crippen molar-refractivity contribution in [3.8, 4) is 0 Å². The fourth-order valence-electron chi connectivity index (χ4n) is 8.90. The van der Waals surface area contributed by atoms with Crippen LogP contribution in [0.3, 0.4) is 0 Å². The predicted molar refractivity (Wildman–Crippen MR) is 222 cm³/mol. The van der Waals surface area contributed by atoms with E-state index >= 15 is 4.79 Å². The first-order valence-corrected chi connectivity index (χ1v) is 22.3. The van der Waals surface area contributed by atoms with Crippen LogP contribution in [0.25, 0.3) is 6.08 Å². The number of carbonyl (C=O) groups is 5. The van der Waals surface area contributed by atoms with Gasteiger partial charge in [-0.25, -0.2) is 4.79 Å². The van der Waals surface area contributed by atoms with Crippen molar-refractivity contribution in [3.05, 3.63) is 41.5 Å². The summed E-state index contributed by atoms with van der Waals surface area (Å²) in [5.74, 6) is -5.25. The lowest BCUT2D eigenvalue weighted by Crippen LogP contribution is -2.71. The minimum atomic E-state index is -4.69. The topological polar surface area (TPSA) is 208 Å². The van der Waals surface area contributed by atoms with Gasteiger partial charge in [-0.15, -0.1) is 0 Å². The molecule has 0 aromatic heterocycles. The van der Waals surface area contributed by atoms with Crippen molar-refractivity contribution in [2.45, 2.75) is 185 Å². The Labute approximate surface area is 371 Å². The molecular formula is C45H64F3N3O13. The summed E-state index contributed by atoms with van der Waals surface area (Å²) in [6, 6.07) is 2.59. The highest BCUT2D eigenvalue weighted by Crippen LogP contribution is 2.58. The highest BCUT2D eigenvalue weighted by atomic mass is 19.4. The van der Waals surface area contributed by atoms with Gasteiger partial charge in [0.25, 0.3) is 0 Å². The molecule has 4 fully saturated rings. The van der Waals surface area contributed by atoms with Gasteiger partial charge in [-0.3, -0.25) is 24.0 Å². The van der Waals surface area contributed by atoms with Gasteiger partial charge in [0.15, 0.2) is 18.4 Å². The van der Waals surface area contributed by atoms with Gasteiger partial charge in [0.1, 0.15) is 41.5 Å². The van der Waals surface area contributed by atoms with E-state index < -0.39 is 115 Å². The lowest BCUT2D eigenvalue weighted by atomic mass is 9.62. The maximum Gasteiger partial charge on any atom is 0.422 e. The molecule has 1 aromatic carbocycles. The molecule has 64 heavy (non-hydrogen) atoms. The average Bonchev–Trinajstić information content (AvgIpc) is 3.77. The Bertz CT molecular complexity index is 1830. The summed E-state index contributed by atoms with van der Waals surface area (Å²) >= 11 is 0. The van der Waals surface area contributed by atoms with Crippen LogP contribution in [0.5, 0.6) is 0 Å². The standard InChI is InChI=1S/C45H64F3N3O13/c1-7-9-11-20-43(21-12-10-8-2)62-35-31-23-44(41(58)50-34(27(3)53)39(56)49-30(25-52)17-19-33(55)61-42(4,5)6)37(40(57)60-31)51(64-38(44)36(35)63-43)24-29-15-13-14-28(22-29)16-18-32(54)59-26-45(46,47)48/h13-16,18,22,27,30-31,34-38,52-53H,7-12,17,19-21,23-26H2,1-6H3,(H,49,56)(H,50,58). The second-order valence-electron chi connectivity index (χ2n) is 18.2. The minimum Gasteiger partial charge on any atom is -0.460 e. The quantitative estimate of drug-likeness (QED) is 0.0538. The van der Waals surface area contributed by atoms with E-state index in [1.807, 2.05) is 0 Å². The van der Waals surface area contributed by atoms with E-state index in [0.29, 0.717) is 24.0 Å². The van der Waals surface area contributed by atoms with Gasteiger partial charge >= 0.3 is 24.1 Å². The molecule has 358 valence electrons. The van der Waals surface area contributed by atoms with E-state index in [-0.39, 0.29) is 25.8 Å². The zero-order valence-electron chi connectivity index (χ0n) is 37.4. The Morgan fingerprint density at radius 2 is 1.69 bits per heavy atom. The van der Waals surface area contributed by atoms with Crippen LogP contribution in [0.2, 0.25) is 0 Å². The minimum absolute atomic E-state index is 0.000158. The zero-order valence-corrected chi connectivity index (χ0v) is 37.4. The number of aliphatic hydroxyl groups excluding tert-OH is 2. The number of nitrogens with one attached hydrogen (secondary N) is 2. The monoisotopic (exact) mass is 911 g/mol. The summed E-state index contributed by atoms with van der Waals surface area (Å²) in [5.41, 5.74) is -1.57. The summed E-state index contributed by atoms with van der Waals surface area (Å²) in [6.07, 6.45) is -1.68. The maximum absolute atomic E-state index is 15.1. The van der Waals surface area contributed by atoms with E-state index in [2.05, 4.69) is 29.2 Å². The van der Waals surface area contributed by atoms with Crippen LogP contribution in [-0.4, -0.2) is 124 Å². The van der Waals surface area contributed by atoms with Crippen LogP contribution < -0.4 is 10.6 Å². The van der Waals surface area contributed by atoms with Gasteiger partial charge in [-0.05, 0) is 64.2 Å². The van der Waals surface area contributed by atoms with Gasteiger partial charge < -0.3 is 44.5 Å². The Hall–Kier alpha value is -4.14. The molecule has 9 atom stereocenters. The molecule has 0 radical (unpaired) electrons. The van der Waals surface area contributed by atoms with Crippen LogP contribution in [0.15, 0.2) is 30.3 Å². The molecule has 3 heterocycles. The Balaban J connectivity index is 1.46. The van der Waals surface area contributed by atoms with Gasteiger partial charge in [-0.1, -0.05) is 63.8 Å². The molecule has 9 unspecified atom stereocenters. The van der Waals surface area contributed by atoms with Gasteiger partial charge in [0.05, 0.1) is 25.3 Å². The number of hydroxylamine groups is 2. The van der Waals surface area contributed by atoms with Crippen LogP contribution in [0.1, 0.15) is 123 Å². The number of fused-ring (bicyclic) bond motifs is 4. The fraction of sp³-hybridized carbons (Fsp3) is 0.711. The zero-order chi connectivity index (χ0) is 47.0. The lowest BCUT2D eigenvalue weighted by molar-refractivity contribution is -0.224. The second kappa shape index (κ2) is 21.4. The van der Waals surface area contributed by atoms with E-state index in [1.54, 1.807) is 45.0 Å². The smallest absolute Gasteiger partial charge is 0.422 e. The molecule has 2 amide bonds. The van der Waals surface area contributed by atoms with Crippen molar-refractivity contribution in [1.82, 2.24) is 15.7 Å². The van der Waals surface area contributed by atoms with Gasteiger partial charge in [0.2, 0.25) is 11.8 Å². The fourth-order valence-corrected chi connectivity index (χ4v) is 8.90. The van der Waals surface area contributed by atoms with Crippen LogP contribution in [-0.2, 0) is 59.0 Å². The largest absolute Gasteiger partial charge is 0.460 e. The number of amides is 2. The summed E-state index contributed by atoms with van der Waals surface area (Å²) in [7, 11) is 0. The SMILES string of the molecule is CCCCCC1(CCCCC)OC2C3CC4(C(=O)NC(C(=O)NC(CO)CCC(=O)OC(C)(C)C)C(C)O)C(ON(Cc5cccc(C=CC(=O)OCC(F)(F)F)c5)C4C(=O)O3)C2O1. The van der Waals surface area contributed by atoms with Crippen molar-refractivity contribution in [1.29, 1.82) is 0 Å². The number of aliphatic hydroxyl groups is 2. The third-order valence-corrected chi connectivity index (χ3v) is 11.8. The highest BCUT2D eigenvalue weighted by Gasteiger charge is 2.76. The summed E-state index contributed by atoms with van der Waals surface area (Å²) in [5, 5.41) is 27.7. The number of nitrogens with zero attached hydrogens (tertiary/aromatic N) is 1. The molecular weight excluding hydrogens is 847 g/mol. The summed E-state index contributed by atoms with van der Waals surface area (Å²) in [6.45, 7) is 8.17. The van der Waals surface area contributed by atoms with E-state index in [9.17, 15) is 42.6 Å². The lowest BCUT2D eigenvalue weighted by Gasteiger charge is -2.49. The number of alkyl halides is 3. The van der Waals surface area contributed by atoms with Crippen LogP contribution in [0, 0.1) is 5.41 Å². The summed E-state index contributed by atoms with van der Waals surface area (Å²) < 4.78 is 67.1. The van der Waals surface area contributed by atoms with Crippen LogP contribution >= 0.6 is 0 Å². The number of esters is 3. The molecule has 1 saturated carbocycles. The van der Waals surface area contributed by atoms with Crippen molar-refractivity contribution >= 4 is 35.8 Å².